The van der Waals surface area contributed by atoms with Gasteiger partial charge in [-0.05, 0) is 19.8 Å². The van der Waals surface area contributed by atoms with Crippen molar-refractivity contribution in [3.63, 3.8) is 0 Å². The van der Waals surface area contributed by atoms with Gasteiger partial charge in [0, 0.05) is 11.8 Å². The van der Waals surface area contributed by atoms with E-state index in [-0.39, 0.29) is 18.2 Å². The number of hydrogen-bond acceptors (Lipinski definition) is 3. The lowest BCUT2D eigenvalue weighted by molar-refractivity contribution is -0.150. The molecular weight excluding hydrogens is 180 g/mol. The minimum atomic E-state index is -0.454. The average Bonchev–Trinajstić information content (AvgIpc) is 2.10. The summed E-state index contributed by atoms with van der Waals surface area (Å²) in [5.74, 6) is -0.0259. The van der Waals surface area contributed by atoms with Gasteiger partial charge in [-0.25, -0.2) is 0 Å². The molecule has 0 aromatic rings. The van der Waals surface area contributed by atoms with Crippen LogP contribution in [-0.2, 0) is 14.3 Å². The van der Waals surface area contributed by atoms with Gasteiger partial charge in [-0.3, -0.25) is 9.59 Å². The molecule has 0 bridgehead atoms. The second-order valence-electron chi connectivity index (χ2n) is 4.17. The molecule has 1 atom stereocenters. The molecule has 1 rings (SSSR count). The summed E-state index contributed by atoms with van der Waals surface area (Å²) in [7, 11) is 0. The fourth-order valence-electron chi connectivity index (χ4n) is 1.96. The molecule has 14 heavy (non-hydrogen) atoms. The first-order valence-corrected chi connectivity index (χ1v) is 5.27. The largest absolute Gasteiger partial charge is 0.466 e. The maximum Gasteiger partial charge on any atom is 0.306 e. The third kappa shape index (κ3) is 2.56. The summed E-state index contributed by atoms with van der Waals surface area (Å²) in [4.78, 5) is 22.9. The number of carbonyl (C=O) groups is 2. The Morgan fingerprint density at radius 3 is 2.79 bits per heavy atom. The van der Waals surface area contributed by atoms with Gasteiger partial charge in [-0.1, -0.05) is 13.3 Å². The van der Waals surface area contributed by atoms with E-state index in [1.54, 1.807) is 6.92 Å². The Morgan fingerprint density at radius 1 is 1.50 bits per heavy atom. The molecular formula is C11H18O3. The summed E-state index contributed by atoms with van der Waals surface area (Å²) < 4.78 is 4.87. The van der Waals surface area contributed by atoms with E-state index < -0.39 is 5.41 Å². The number of carbonyl (C=O) groups excluding carboxylic acids is 2. The van der Waals surface area contributed by atoms with Crippen molar-refractivity contribution in [3.8, 4) is 0 Å². The highest BCUT2D eigenvalue weighted by Crippen LogP contribution is 2.35. The summed E-state index contributed by atoms with van der Waals surface area (Å²) in [6.07, 6.45) is 3.71. The van der Waals surface area contributed by atoms with Crippen LogP contribution in [-0.4, -0.2) is 18.4 Å². The Kier molecular flexibility index (Phi) is 3.67. The van der Waals surface area contributed by atoms with Gasteiger partial charge in [0.1, 0.15) is 5.78 Å². The van der Waals surface area contributed by atoms with Crippen molar-refractivity contribution in [2.45, 2.75) is 46.0 Å². The van der Waals surface area contributed by atoms with Gasteiger partial charge < -0.3 is 4.74 Å². The van der Waals surface area contributed by atoms with E-state index in [0.29, 0.717) is 13.0 Å². The van der Waals surface area contributed by atoms with E-state index >= 15 is 0 Å². The summed E-state index contributed by atoms with van der Waals surface area (Å²) in [6, 6.07) is 0. The van der Waals surface area contributed by atoms with Gasteiger partial charge in [-0.2, -0.15) is 0 Å². The second kappa shape index (κ2) is 4.58. The van der Waals surface area contributed by atoms with Gasteiger partial charge >= 0.3 is 5.97 Å². The van der Waals surface area contributed by atoms with Crippen molar-refractivity contribution in [1.82, 2.24) is 0 Å². The highest BCUT2D eigenvalue weighted by molar-refractivity contribution is 5.89. The lowest BCUT2D eigenvalue weighted by Gasteiger charge is -2.30. The normalized spacial score (nSPS) is 27.4. The molecule has 0 saturated heterocycles. The zero-order chi connectivity index (χ0) is 10.6. The summed E-state index contributed by atoms with van der Waals surface area (Å²) in [6.45, 7) is 4.05. The van der Waals surface area contributed by atoms with Gasteiger partial charge in [-0.15, -0.1) is 0 Å². The van der Waals surface area contributed by atoms with Crippen LogP contribution in [0.4, 0.5) is 0 Å². The minimum Gasteiger partial charge on any atom is -0.466 e. The van der Waals surface area contributed by atoms with Crippen LogP contribution < -0.4 is 0 Å². The van der Waals surface area contributed by atoms with E-state index in [1.807, 2.05) is 6.92 Å². The van der Waals surface area contributed by atoms with E-state index in [1.165, 1.54) is 0 Å². The summed E-state index contributed by atoms with van der Waals surface area (Å²) in [5, 5.41) is 0. The summed E-state index contributed by atoms with van der Waals surface area (Å²) in [5.41, 5.74) is -0.454. The molecule has 1 aliphatic rings. The van der Waals surface area contributed by atoms with Crippen LogP contribution >= 0.6 is 0 Å². The Morgan fingerprint density at radius 2 is 2.21 bits per heavy atom. The molecule has 0 heterocycles. The van der Waals surface area contributed by atoms with Crippen molar-refractivity contribution in [3.05, 3.63) is 0 Å². The molecule has 0 N–H and O–H groups in total. The van der Waals surface area contributed by atoms with Gasteiger partial charge in [0.25, 0.3) is 0 Å². The average molecular weight is 198 g/mol. The molecule has 0 spiro atoms. The molecule has 0 unspecified atom stereocenters. The van der Waals surface area contributed by atoms with Gasteiger partial charge in [0.15, 0.2) is 0 Å². The maximum absolute atomic E-state index is 11.6. The highest BCUT2D eigenvalue weighted by atomic mass is 16.5. The topological polar surface area (TPSA) is 43.4 Å². The van der Waals surface area contributed by atoms with Crippen LogP contribution in [0.3, 0.4) is 0 Å². The molecule has 1 aliphatic carbocycles. The van der Waals surface area contributed by atoms with Crippen LogP contribution in [0.1, 0.15) is 46.0 Å². The summed E-state index contributed by atoms with van der Waals surface area (Å²) >= 11 is 0. The van der Waals surface area contributed by atoms with Crippen molar-refractivity contribution < 1.29 is 14.3 Å². The van der Waals surface area contributed by atoms with Gasteiger partial charge in [0.05, 0.1) is 13.0 Å². The van der Waals surface area contributed by atoms with Crippen molar-refractivity contribution >= 4 is 11.8 Å². The van der Waals surface area contributed by atoms with Crippen LogP contribution in [0.25, 0.3) is 0 Å². The lowest BCUT2D eigenvalue weighted by Crippen LogP contribution is -2.34. The first-order chi connectivity index (χ1) is 6.58. The molecule has 0 aromatic carbocycles. The number of esters is 1. The van der Waals surface area contributed by atoms with Crippen molar-refractivity contribution in [2.75, 3.05) is 6.61 Å². The quantitative estimate of drug-likeness (QED) is 0.652. The molecule has 0 aromatic heterocycles. The standard InChI is InChI=1S/C11H18O3/c1-3-14-10(13)8-11(2)7-5-4-6-9(11)12/h3-8H2,1-2H3/t11-/m1/s1. The zero-order valence-corrected chi connectivity index (χ0v) is 8.97. The Hall–Kier alpha value is -0.860. The maximum atomic E-state index is 11.6. The molecule has 1 saturated carbocycles. The third-order valence-corrected chi connectivity index (χ3v) is 2.90. The van der Waals surface area contributed by atoms with Crippen LogP contribution in [0.15, 0.2) is 0 Å². The Bertz CT molecular complexity index is 235. The fraction of sp³-hybridized carbons (Fsp3) is 0.818. The second-order valence-corrected chi connectivity index (χ2v) is 4.17. The monoisotopic (exact) mass is 198 g/mol. The molecule has 0 amide bonds. The molecule has 80 valence electrons. The number of Topliss-reactive ketones (excluding diaryl/α,β-unsaturated/α-hetero) is 1. The van der Waals surface area contributed by atoms with Crippen LogP contribution in [0.2, 0.25) is 0 Å². The Balaban J connectivity index is 2.55. The zero-order valence-electron chi connectivity index (χ0n) is 8.97. The molecule has 3 nitrogen and oxygen atoms in total. The molecule has 0 aliphatic heterocycles. The SMILES string of the molecule is CCOC(=O)C[C@@]1(C)CCCCC1=O. The van der Waals surface area contributed by atoms with E-state index in [4.69, 9.17) is 4.74 Å². The van der Waals surface area contributed by atoms with Crippen molar-refractivity contribution in [2.24, 2.45) is 5.41 Å². The van der Waals surface area contributed by atoms with E-state index in [2.05, 4.69) is 0 Å². The van der Waals surface area contributed by atoms with E-state index in [9.17, 15) is 9.59 Å². The van der Waals surface area contributed by atoms with Crippen LogP contribution in [0, 0.1) is 5.41 Å². The number of ketones is 1. The third-order valence-electron chi connectivity index (χ3n) is 2.90. The number of ether oxygens (including phenoxy) is 1. The first kappa shape index (κ1) is 11.2. The van der Waals surface area contributed by atoms with Gasteiger partial charge in [0.2, 0.25) is 0 Å². The molecule has 0 radical (unpaired) electrons. The highest BCUT2D eigenvalue weighted by Gasteiger charge is 2.37. The predicted octanol–water partition coefficient (Wildman–Crippen LogP) is 2.09. The Labute approximate surface area is 84.8 Å². The molecule has 1 fully saturated rings. The minimum absolute atomic E-state index is 0.219. The predicted molar refractivity (Wildman–Crippen MR) is 52.8 cm³/mol. The smallest absolute Gasteiger partial charge is 0.306 e. The number of rotatable bonds is 3. The fourth-order valence-corrected chi connectivity index (χ4v) is 1.96. The van der Waals surface area contributed by atoms with E-state index in [0.717, 1.165) is 19.3 Å². The number of hydrogen-bond donors (Lipinski definition) is 0. The first-order valence-electron chi connectivity index (χ1n) is 5.27. The van der Waals surface area contributed by atoms with Crippen molar-refractivity contribution in [1.29, 1.82) is 0 Å². The lowest BCUT2D eigenvalue weighted by atomic mass is 9.72. The van der Waals surface area contributed by atoms with Crippen LogP contribution in [0.5, 0.6) is 0 Å². The molecule has 3 heteroatoms.